The van der Waals surface area contributed by atoms with Crippen molar-refractivity contribution in [3.8, 4) is 6.07 Å². The molecule has 4 nitrogen and oxygen atoms in total. The van der Waals surface area contributed by atoms with Crippen molar-refractivity contribution < 1.29 is 18.3 Å². The summed E-state index contributed by atoms with van der Waals surface area (Å²) in [6, 6.07) is 12.3. The van der Waals surface area contributed by atoms with Gasteiger partial charge in [-0.05, 0) is 24.6 Å². The molecule has 0 aliphatic heterocycles. The zero-order chi connectivity index (χ0) is 17.5. The molecule has 0 saturated carbocycles. The van der Waals surface area contributed by atoms with E-state index in [1.54, 1.807) is 13.0 Å². The Morgan fingerprint density at radius 3 is 2.46 bits per heavy atom. The smallest absolute Gasteiger partial charge is 0.257 e. The van der Waals surface area contributed by atoms with Crippen LogP contribution in [0.2, 0.25) is 0 Å². The van der Waals surface area contributed by atoms with Crippen LogP contribution in [0.3, 0.4) is 0 Å². The Morgan fingerprint density at radius 2 is 1.88 bits per heavy atom. The second-order valence-corrected chi connectivity index (χ2v) is 5.30. The standard InChI is InChI=1S/C18H16F2N2O2/c1-12(10-24-11-13-5-3-2-4-6-13)22-18(23)17-15(19)7-14(9-21)8-16(17)20/h2-8,12H,10-11H2,1H3,(H,22,23)/t12-/m0/s1. The van der Waals surface area contributed by atoms with Gasteiger partial charge in [0.05, 0.1) is 24.8 Å². The van der Waals surface area contributed by atoms with Gasteiger partial charge in [0.25, 0.3) is 5.91 Å². The largest absolute Gasteiger partial charge is 0.375 e. The summed E-state index contributed by atoms with van der Waals surface area (Å²) in [6.45, 7) is 2.24. The highest BCUT2D eigenvalue weighted by Gasteiger charge is 2.20. The van der Waals surface area contributed by atoms with Crippen molar-refractivity contribution in [2.45, 2.75) is 19.6 Å². The monoisotopic (exact) mass is 330 g/mol. The van der Waals surface area contributed by atoms with Crippen molar-refractivity contribution in [1.82, 2.24) is 5.32 Å². The number of hydrogen-bond donors (Lipinski definition) is 1. The normalized spacial score (nSPS) is 11.6. The van der Waals surface area contributed by atoms with Crippen LogP contribution in [0.1, 0.15) is 28.4 Å². The van der Waals surface area contributed by atoms with E-state index in [1.165, 1.54) is 0 Å². The molecule has 1 atom stereocenters. The van der Waals surface area contributed by atoms with Gasteiger partial charge in [0.1, 0.15) is 17.2 Å². The summed E-state index contributed by atoms with van der Waals surface area (Å²) in [5.41, 5.74) is 0.102. The molecule has 0 aliphatic carbocycles. The number of nitrogens with zero attached hydrogens (tertiary/aromatic N) is 1. The van der Waals surface area contributed by atoms with Crippen molar-refractivity contribution in [2.24, 2.45) is 0 Å². The Kier molecular flexibility index (Phi) is 5.99. The molecule has 1 N–H and O–H groups in total. The molecule has 2 rings (SSSR count). The highest BCUT2D eigenvalue weighted by molar-refractivity contribution is 5.95. The highest BCUT2D eigenvalue weighted by atomic mass is 19.1. The van der Waals surface area contributed by atoms with Crippen LogP contribution in [0, 0.1) is 23.0 Å². The second kappa shape index (κ2) is 8.18. The van der Waals surface area contributed by atoms with Gasteiger partial charge in [0, 0.05) is 6.04 Å². The lowest BCUT2D eigenvalue weighted by Gasteiger charge is -2.15. The fraction of sp³-hybridized carbons (Fsp3) is 0.222. The maximum atomic E-state index is 13.8. The number of nitrogens with one attached hydrogen (secondary N) is 1. The van der Waals surface area contributed by atoms with Crippen molar-refractivity contribution in [1.29, 1.82) is 5.26 Å². The molecular weight excluding hydrogens is 314 g/mol. The maximum Gasteiger partial charge on any atom is 0.257 e. The van der Waals surface area contributed by atoms with Crippen LogP contribution in [-0.2, 0) is 11.3 Å². The molecule has 0 saturated heterocycles. The SMILES string of the molecule is C[C@@H](COCc1ccccc1)NC(=O)c1c(F)cc(C#N)cc1F. The van der Waals surface area contributed by atoms with Gasteiger partial charge in [-0.3, -0.25) is 4.79 Å². The van der Waals surface area contributed by atoms with Crippen LogP contribution in [-0.4, -0.2) is 18.6 Å². The first-order valence-electron chi connectivity index (χ1n) is 7.33. The molecule has 0 spiro atoms. The van der Waals surface area contributed by atoms with Crippen LogP contribution >= 0.6 is 0 Å². The second-order valence-electron chi connectivity index (χ2n) is 5.30. The minimum absolute atomic E-state index is 0.180. The lowest BCUT2D eigenvalue weighted by Crippen LogP contribution is -2.36. The summed E-state index contributed by atoms with van der Waals surface area (Å²) in [6.07, 6.45) is 0. The summed E-state index contributed by atoms with van der Waals surface area (Å²) in [4.78, 5) is 12.0. The van der Waals surface area contributed by atoms with Crippen molar-refractivity contribution in [3.63, 3.8) is 0 Å². The summed E-state index contributed by atoms with van der Waals surface area (Å²) >= 11 is 0. The molecule has 0 heterocycles. The number of carbonyl (C=O) groups excluding carboxylic acids is 1. The zero-order valence-corrected chi connectivity index (χ0v) is 13.1. The Morgan fingerprint density at radius 1 is 1.25 bits per heavy atom. The quantitative estimate of drug-likeness (QED) is 0.885. The Labute approximate surface area is 138 Å². The topological polar surface area (TPSA) is 62.1 Å². The Bertz CT molecular complexity index is 734. The third-order valence-electron chi connectivity index (χ3n) is 3.26. The Balaban J connectivity index is 1.91. The molecular formula is C18H16F2N2O2. The predicted molar refractivity (Wildman–Crippen MR) is 84.1 cm³/mol. The van der Waals surface area contributed by atoms with E-state index in [4.69, 9.17) is 10.00 Å². The van der Waals surface area contributed by atoms with Crippen molar-refractivity contribution >= 4 is 5.91 Å². The molecule has 0 unspecified atom stereocenters. The van der Waals surface area contributed by atoms with E-state index >= 15 is 0 Å². The molecule has 1 amide bonds. The first-order valence-corrected chi connectivity index (χ1v) is 7.33. The molecule has 0 fully saturated rings. The number of ether oxygens (including phenoxy) is 1. The number of amides is 1. The van der Waals surface area contributed by atoms with Gasteiger partial charge in [0.15, 0.2) is 0 Å². The molecule has 2 aromatic rings. The summed E-state index contributed by atoms with van der Waals surface area (Å²) < 4.78 is 33.0. The van der Waals surface area contributed by atoms with Gasteiger partial charge in [-0.1, -0.05) is 30.3 Å². The fourth-order valence-corrected chi connectivity index (χ4v) is 2.12. The van der Waals surface area contributed by atoms with Crippen LogP contribution in [0.5, 0.6) is 0 Å². The number of carbonyl (C=O) groups is 1. The van der Waals surface area contributed by atoms with E-state index in [-0.39, 0.29) is 12.2 Å². The van der Waals surface area contributed by atoms with E-state index in [2.05, 4.69) is 5.32 Å². The van der Waals surface area contributed by atoms with E-state index in [9.17, 15) is 13.6 Å². The van der Waals surface area contributed by atoms with E-state index < -0.39 is 29.1 Å². The fourth-order valence-electron chi connectivity index (χ4n) is 2.12. The minimum Gasteiger partial charge on any atom is -0.375 e. The number of rotatable bonds is 6. The zero-order valence-electron chi connectivity index (χ0n) is 13.1. The average Bonchev–Trinajstić information content (AvgIpc) is 2.55. The van der Waals surface area contributed by atoms with E-state index in [0.29, 0.717) is 6.61 Å². The molecule has 124 valence electrons. The van der Waals surface area contributed by atoms with Gasteiger partial charge in [0.2, 0.25) is 0 Å². The van der Waals surface area contributed by atoms with Gasteiger partial charge in [-0.2, -0.15) is 5.26 Å². The van der Waals surface area contributed by atoms with Crippen LogP contribution < -0.4 is 5.32 Å². The number of halogens is 2. The van der Waals surface area contributed by atoms with Crippen molar-refractivity contribution in [3.05, 3.63) is 70.8 Å². The lowest BCUT2D eigenvalue weighted by molar-refractivity contribution is 0.0814. The summed E-state index contributed by atoms with van der Waals surface area (Å²) in [7, 11) is 0. The summed E-state index contributed by atoms with van der Waals surface area (Å²) in [5.74, 6) is -3.02. The molecule has 24 heavy (non-hydrogen) atoms. The van der Waals surface area contributed by atoms with Crippen molar-refractivity contribution in [2.75, 3.05) is 6.61 Å². The average molecular weight is 330 g/mol. The number of nitriles is 1. The molecule has 0 radical (unpaired) electrons. The summed E-state index contributed by atoms with van der Waals surface area (Å²) in [5, 5.41) is 11.1. The van der Waals surface area contributed by atoms with Gasteiger partial charge >= 0.3 is 0 Å². The van der Waals surface area contributed by atoms with E-state index in [0.717, 1.165) is 17.7 Å². The van der Waals surface area contributed by atoms with Gasteiger partial charge in [-0.25, -0.2) is 8.78 Å². The van der Waals surface area contributed by atoms with E-state index in [1.807, 2.05) is 30.3 Å². The third-order valence-corrected chi connectivity index (χ3v) is 3.26. The Hall–Kier alpha value is -2.78. The maximum absolute atomic E-state index is 13.8. The predicted octanol–water partition coefficient (Wildman–Crippen LogP) is 3.17. The lowest BCUT2D eigenvalue weighted by atomic mass is 10.1. The highest BCUT2D eigenvalue weighted by Crippen LogP contribution is 2.15. The first kappa shape index (κ1) is 17.6. The van der Waals surface area contributed by atoms with Gasteiger partial charge < -0.3 is 10.1 Å². The first-order chi connectivity index (χ1) is 11.5. The molecule has 0 bridgehead atoms. The molecule has 0 aliphatic rings. The minimum atomic E-state index is -1.07. The van der Waals surface area contributed by atoms with Crippen LogP contribution in [0.4, 0.5) is 8.78 Å². The number of benzene rings is 2. The van der Waals surface area contributed by atoms with Crippen LogP contribution in [0.15, 0.2) is 42.5 Å². The molecule has 2 aromatic carbocycles. The molecule has 0 aromatic heterocycles. The van der Waals surface area contributed by atoms with Crippen LogP contribution in [0.25, 0.3) is 0 Å². The molecule has 6 heteroatoms. The van der Waals surface area contributed by atoms with Gasteiger partial charge in [-0.15, -0.1) is 0 Å². The number of hydrogen-bond acceptors (Lipinski definition) is 3. The third kappa shape index (κ3) is 4.61.